The van der Waals surface area contributed by atoms with E-state index < -0.39 is 10.4 Å². The van der Waals surface area contributed by atoms with Gasteiger partial charge in [0.2, 0.25) is 10.4 Å². The minimum absolute atomic E-state index is 0.0117. The summed E-state index contributed by atoms with van der Waals surface area (Å²) in [7, 11) is -3.62. The van der Waals surface area contributed by atoms with Crippen LogP contribution < -0.4 is 0 Å². The fourth-order valence-corrected chi connectivity index (χ4v) is 3.59. The zero-order chi connectivity index (χ0) is 22.0. The highest BCUT2D eigenvalue weighted by Crippen LogP contribution is 2.13. The summed E-state index contributed by atoms with van der Waals surface area (Å²) in [4.78, 5) is 13.0. The predicted octanol–water partition coefficient (Wildman–Crippen LogP) is 4.81. The van der Waals surface area contributed by atoms with E-state index in [4.69, 9.17) is 4.74 Å². The zero-order valence-electron chi connectivity index (χ0n) is 17.9. The van der Waals surface area contributed by atoms with E-state index >= 15 is 0 Å². The molecule has 0 spiro atoms. The predicted molar refractivity (Wildman–Crippen MR) is 118 cm³/mol. The van der Waals surface area contributed by atoms with Crippen LogP contribution in [-0.4, -0.2) is 38.2 Å². The maximum atomic E-state index is 11.8. The average molecular weight is 449 g/mol. The van der Waals surface area contributed by atoms with Crippen molar-refractivity contribution in [3.8, 4) is 0 Å². The second kappa shape index (κ2) is 17.7. The SMILES string of the molecule is CCCCCCCCCCCC(=O)OC[S+](C)c1ccccc1.COS(=O)(=O)[O-]. The number of carbonyl (C=O) groups excluding carboxylic acids is 1. The van der Waals surface area contributed by atoms with Gasteiger partial charge in [-0.05, 0) is 18.6 Å². The van der Waals surface area contributed by atoms with Gasteiger partial charge >= 0.3 is 5.97 Å². The molecule has 1 unspecified atom stereocenters. The van der Waals surface area contributed by atoms with Crippen molar-refractivity contribution in [2.24, 2.45) is 0 Å². The van der Waals surface area contributed by atoms with Crippen LogP contribution in [0.1, 0.15) is 71.1 Å². The van der Waals surface area contributed by atoms with Crippen molar-refractivity contribution >= 4 is 27.3 Å². The summed E-state index contributed by atoms with van der Waals surface area (Å²) in [6, 6.07) is 10.3. The summed E-state index contributed by atoms with van der Waals surface area (Å²) in [5, 5.41) is 0. The lowest BCUT2D eigenvalue weighted by molar-refractivity contribution is -0.141. The van der Waals surface area contributed by atoms with Gasteiger partial charge in [-0.15, -0.1) is 0 Å². The Hall–Kier alpha value is -1.09. The Balaban J connectivity index is 0.00000113. The molecule has 1 aromatic rings. The van der Waals surface area contributed by atoms with Crippen molar-refractivity contribution in [1.82, 2.24) is 0 Å². The van der Waals surface area contributed by atoms with E-state index in [2.05, 4.69) is 29.5 Å². The Kier molecular flexibility index (Phi) is 17.1. The normalized spacial score (nSPS) is 12.0. The summed E-state index contributed by atoms with van der Waals surface area (Å²) in [6.45, 7) is 2.25. The van der Waals surface area contributed by atoms with Gasteiger partial charge in [-0.3, -0.25) is 8.98 Å². The number of esters is 1. The molecule has 0 aliphatic rings. The van der Waals surface area contributed by atoms with Gasteiger partial charge in [0, 0.05) is 6.42 Å². The van der Waals surface area contributed by atoms with Gasteiger partial charge in [-0.2, -0.15) is 0 Å². The van der Waals surface area contributed by atoms with Crippen LogP contribution in [0.3, 0.4) is 0 Å². The van der Waals surface area contributed by atoms with Gasteiger partial charge in [-0.25, -0.2) is 8.42 Å². The highest BCUT2D eigenvalue weighted by Gasteiger charge is 2.17. The van der Waals surface area contributed by atoms with Crippen LogP contribution in [0.25, 0.3) is 0 Å². The molecule has 0 aliphatic heterocycles. The van der Waals surface area contributed by atoms with Crippen LogP contribution in [0.4, 0.5) is 0 Å². The maximum absolute atomic E-state index is 11.8. The van der Waals surface area contributed by atoms with E-state index in [-0.39, 0.29) is 16.9 Å². The molecule has 0 amide bonds. The molecule has 168 valence electrons. The first kappa shape index (κ1) is 27.9. The molecule has 0 heterocycles. The highest BCUT2D eigenvalue weighted by atomic mass is 32.3. The van der Waals surface area contributed by atoms with Crippen molar-refractivity contribution in [3.63, 3.8) is 0 Å². The fraction of sp³-hybridized carbons (Fsp3) is 0.667. The van der Waals surface area contributed by atoms with Crippen LogP contribution in [0.15, 0.2) is 35.2 Å². The van der Waals surface area contributed by atoms with Crippen molar-refractivity contribution < 1.29 is 26.7 Å². The lowest BCUT2D eigenvalue weighted by atomic mass is 10.1. The van der Waals surface area contributed by atoms with E-state index in [1.807, 2.05) is 18.2 Å². The molecule has 6 nitrogen and oxygen atoms in total. The summed E-state index contributed by atoms with van der Waals surface area (Å²) in [5.41, 5.74) is 0. The molecule has 0 saturated heterocycles. The van der Waals surface area contributed by atoms with E-state index in [0.29, 0.717) is 12.4 Å². The van der Waals surface area contributed by atoms with Gasteiger partial charge in [0.25, 0.3) is 5.94 Å². The minimum Gasteiger partial charge on any atom is -0.726 e. The summed E-state index contributed by atoms with van der Waals surface area (Å²) in [5.74, 6) is 0.475. The Bertz CT molecular complexity index is 619. The molecule has 1 atom stereocenters. The summed E-state index contributed by atoms with van der Waals surface area (Å²) < 4.78 is 36.4. The second-order valence-electron chi connectivity index (χ2n) is 6.74. The molecule has 0 bridgehead atoms. The number of hydrogen-bond donors (Lipinski definition) is 0. The van der Waals surface area contributed by atoms with Crippen molar-refractivity contribution in [2.45, 2.75) is 76.0 Å². The molecule has 0 saturated carbocycles. The van der Waals surface area contributed by atoms with Crippen LogP contribution in [0.5, 0.6) is 0 Å². The first-order valence-electron chi connectivity index (χ1n) is 10.1. The third kappa shape index (κ3) is 18.7. The molecule has 1 aromatic carbocycles. The van der Waals surface area contributed by atoms with Crippen molar-refractivity contribution in [3.05, 3.63) is 30.3 Å². The van der Waals surface area contributed by atoms with E-state index in [9.17, 15) is 17.8 Å². The standard InChI is InChI=1S/C20H33O2S.CH4O4S/c1-3-4-5-6-7-8-9-10-14-17-20(21)22-18-23(2)19-15-12-11-13-16-19;1-5-6(2,3)4/h11-13,15-16H,3-10,14,17-18H2,1-2H3;1H3,(H,2,3,4)/q+1;/p-1. The lowest BCUT2D eigenvalue weighted by Crippen LogP contribution is -2.13. The lowest BCUT2D eigenvalue weighted by Gasteiger charge is -2.05. The Morgan fingerprint density at radius 2 is 1.45 bits per heavy atom. The van der Waals surface area contributed by atoms with Crippen LogP contribution >= 0.6 is 0 Å². The van der Waals surface area contributed by atoms with Crippen LogP contribution in [0.2, 0.25) is 0 Å². The van der Waals surface area contributed by atoms with E-state index in [1.54, 1.807) is 0 Å². The quantitative estimate of drug-likeness (QED) is 0.133. The summed E-state index contributed by atoms with van der Waals surface area (Å²) >= 11 is 0. The number of carbonyl (C=O) groups is 1. The molecule has 0 N–H and O–H groups in total. The molecule has 0 aliphatic carbocycles. The third-order valence-corrected chi connectivity index (χ3v) is 6.19. The largest absolute Gasteiger partial charge is 0.726 e. The zero-order valence-corrected chi connectivity index (χ0v) is 19.6. The number of rotatable bonds is 14. The topological polar surface area (TPSA) is 92.7 Å². The molecule has 8 heteroatoms. The third-order valence-electron chi connectivity index (χ3n) is 4.23. The van der Waals surface area contributed by atoms with Crippen LogP contribution in [0, 0.1) is 0 Å². The van der Waals surface area contributed by atoms with Gasteiger partial charge in [0.1, 0.15) is 6.26 Å². The first-order chi connectivity index (χ1) is 13.8. The number of benzene rings is 1. The highest BCUT2D eigenvalue weighted by molar-refractivity contribution is 7.96. The molecule has 29 heavy (non-hydrogen) atoms. The molecule has 0 aromatic heterocycles. The van der Waals surface area contributed by atoms with E-state index in [0.717, 1.165) is 20.0 Å². The molecular weight excluding hydrogens is 412 g/mol. The molecule has 0 fully saturated rings. The van der Waals surface area contributed by atoms with Gasteiger partial charge < -0.3 is 9.29 Å². The smallest absolute Gasteiger partial charge is 0.309 e. The monoisotopic (exact) mass is 448 g/mol. The Morgan fingerprint density at radius 3 is 1.93 bits per heavy atom. The fourth-order valence-electron chi connectivity index (χ4n) is 2.53. The number of hydrogen-bond acceptors (Lipinski definition) is 6. The van der Waals surface area contributed by atoms with Gasteiger partial charge in [0.15, 0.2) is 4.90 Å². The van der Waals surface area contributed by atoms with E-state index in [1.165, 1.54) is 49.8 Å². The van der Waals surface area contributed by atoms with Crippen LogP contribution in [-0.2, 0) is 35.0 Å². The minimum atomic E-state index is -4.41. The average Bonchev–Trinajstić information content (AvgIpc) is 2.71. The Labute approximate surface area is 179 Å². The van der Waals surface area contributed by atoms with Crippen molar-refractivity contribution in [2.75, 3.05) is 19.3 Å². The number of ether oxygens (including phenoxy) is 1. The van der Waals surface area contributed by atoms with Gasteiger partial charge in [0.05, 0.1) is 18.0 Å². The second-order valence-corrected chi connectivity index (χ2v) is 9.87. The van der Waals surface area contributed by atoms with Gasteiger partial charge in [-0.1, -0.05) is 76.5 Å². The maximum Gasteiger partial charge on any atom is 0.309 e. The molecular formula is C21H36O6S2. The first-order valence-corrected chi connectivity index (χ1v) is 13.3. The Morgan fingerprint density at radius 1 is 0.966 bits per heavy atom. The summed E-state index contributed by atoms with van der Waals surface area (Å²) in [6.07, 6.45) is 14.2. The van der Waals surface area contributed by atoms with Crippen molar-refractivity contribution in [1.29, 1.82) is 0 Å². The molecule has 0 radical (unpaired) electrons. The number of unbranched alkanes of at least 4 members (excludes halogenated alkanes) is 8. The molecule has 1 rings (SSSR count).